The molecule has 0 aliphatic carbocycles. The molecule has 0 aromatic heterocycles. The summed E-state index contributed by atoms with van der Waals surface area (Å²) in [7, 11) is 1.28. The van der Waals surface area contributed by atoms with E-state index in [2.05, 4.69) is 20.8 Å². The zero-order chi connectivity index (χ0) is 12.3. The van der Waals surface area contributed by atoms with Gasteiger partial charge in [0.05, 0.1) is 7.41 Å². The van der Waals surface area contributed by atoms with Gasteiger partial charge in [-0.05, 0) is 5.56 Å². The SMILES string of the molecule is N#C[B-]/[NH+]=C/N(CCBr)OCc1ccccc1. The minimum atomic E-state index is 0.499. The first-order chi connectivity index (χ1) is 8.36. The predicted molar refractivity (Wildman–Crippen MR) is 70.1 cm³/mol. The number of halogens is 1. The number of nitrogens with zero attached hydrogens (tertiary/aromatic N) is 2. The van der Waals surface area contributed by atoms with Crippen molar-refractivity contribution >= 4 is 29.7 Å². The van der Waals surface area contributed by atoms with Crippen molar-refractivity contribution in [1.29, 1.82) is 5.26 Å². The molecule has 4 nitrogen and oxygen atoms in total. The highest BCUT2D eigenvalue weighted by Gasteiger charge is 2.05. The lowest BCUT2D eigenvalue weighted by Crippen LogP contribution is -2.74. The lowest BCUT2D eigenvalue weighted by Gasteiger charge is -2.11. The summed E-state index contributed by atoms with van der Waals surface area (Å²) < 4.78 is 0. The van der Waals surface area contributed by atoms with Crippen LogP contribution in [0.3, 0.4) is 0 Å². The van der Waals surface area contributed by atoms with Gasteiger partial charge < -0.3 is 4.90 Å². The van der Waals surface area contributed by atoms with E-state index in [1.54, 1.807) is 11.4 Å². The zero-order valence-corrected chi connectivity index (χ0v) is 10.9. The van der Waals surface area contributed by atoms with E-state index < -0.39 is 0 Å². The second kappa shape index (κ2) is 8.79. The Kier molecular flexibility index (Phi) is 7.11. The normalized spacial score (nSPS) is 10.4. The van der Waals surface area contributed by atoms with Crippen molar-refractivity contribution in [3.05, 3.63) is 35.9 Å². The number of alkyl halides is 1. The molecule has 0 saturated heterocycles. The van der Waals surface area contributed by atoms with E-state index in [9.17, 15) is 0 Å². The Morgan fingerprint density at radius 2 is 2.24 bits per heavy atom. The van der Waals surface area contributed by atoms with Crippen LogP contribution >= 0.6 is 15.9 Å². The first kappa shape index (κ1) is 13.7. The van der Waals surface area contributed by atoms with Crippen molar-refractivity contribution in [3.63, 3.8) is 0 Å². The average Bonchev–Trinajstić information content (AvgIpc) is 2.37. The van der Waals surface area contributed by atoms with Crippen LogP contribution in [-0.2, 0) is 11.4 Å². The molecule has 0 fully saturated rings. The lowest BCUT2D eigenvalue weighted by molar-refractivity contribution is -0.298. The average molecular weight is 294 g/mol. The van der Waals surface area contributed by atoms with Crippen LogP contribution in [0.5, 0.6) is 0 Å². The van der Waals surface area contributed by atoms with Crippen LogP contribution in [0.2, 0.25) is 0 Å². The van der Waals surface area contributed by atoms with Gasteiger partial charge in [0.2, 0.25) is 6.34 Å². The Morgan fingerprint density at radius 1 is 1.47 bits per heavy atom. The van der Waals surface area contributed by atoms with Crippen LogP contribution in [0.4, 0.5) is 0 Å². The summed E-state index contributed by atoms with van der Waals surface area (Å²) in [6.07, 6.45) is 1.62. The highest BCUT2D eigenvalue weighted by molar-refractivity contribution is 9.09. The smallest absolute Gasteiger partial charge is 0.213 e. The van der Waals surface area contributed by atoms with Gasteiger partial charge in [-0.1, -0.05) is 46.3 Å². The molecule has 0 saturated carbocycles. The van der Waals surface area contributed by atoms with Gasteiger partial charge in [0.1, 0.15) is 13.2 Å². The third-order valence-corrected chi connectivity index (χ3v) is 2.27. The van der Waals surface area contributed by atoms with Crippen LogP contribution < -0.4 is 4.90 Å². The van der Waals surface area contributed by atoms with Crippen molar-refractivity contribution in [3.8, 4) is 5.97 Å². The van der Waals surface area contributed by atoms with E-state index >= 15 is 0 Å². The maximum absolute atomic E-state index is 8.36. The van der Waals surface area contributed by atoms with E-state index in [1.165, 1.54) is 7.41 Å². The molecule has 1 rings (SSSR count). The second-order valence-corrected chi connectivity index (χ2v) is 3.95. The summed E-state index contributed by atoms with van der Waals surface area (Å²) in [5.74, 6) is 1.88. The first-order valence-electron chi connectivity index (χ1n) is 5.17. The molecule has 1 aromatic rings. The summed E-state index contributed by atoms with van der Waals surface area (Å²) in [6.45, 7) is 1.19. The van der Waals surface area contributed by atoms with Crippen LogP contribution in [0.15, 0.2) is 30.3 Å². The standard InChI is InChI=1S/C11H13BBrN3O/c13-6-7-16(10-15-12-9-14)17-8-11-4-2-1-3-5-11/h1-5,10,15H,6-8H2/b15-10+. The fourth-order valence-corrected chi connectivity index (χ4v) is 1.49. The Labute approximate surface area is 110 Å². The Morgan fingerprint density at radius 3 is 2.88 bits per heavy atom. The van der Waals surface area contributed by atoms with Crippen LogP contribution in [-0.4, -0.2) is 30.7 Å². The zero-order valence-electron chi connectivity index (χ0n) is 9.34. The highest BCUT2D eigenvalue weighted by atomic mass is 79.9. The van der Waals surface area contributed by atoms with Crippen molar-refractivity contribution in [2.75, 3.05) is 11.9 Å². The molecule has 0 bridgehead atoms. The van der Waals surface area contributed by atoms with Gasteiger partial charge in [-0.15, -0.1) is 5.06 Å². The van der Waals surface area contributed by atoms with E-state index in [1.807, 2.05) is 36.3 Å². The molecule has 2 radical (unpaired) electrons. The third-order valence-electron chi connectivity index (χ3n) is 1.91. The summed E-state index contributed by atoms with van der Waals surface area (Å²) in [5, 5.41) is 10.8. The third kappa shape index (κ3) is 6.10. The fourth-order valence-electron chi connectivity index (χ4n) is 1.14. The largest absolute Gasteiger partial charge is 0.514 e. The topological polar surface area (TPSA) is 50.2 Å². The maximum atomic E-state index is 8.36. The number of benzene rings is 1. The van der Waals surface area contributed by atoms with E-state index in [0.717, 1.165) is 10.9 Å². The van der Waals surface area contributed by atoms with Gasteiger partial charge >= 0.3 is 0 Å². The summed E-state index contributed by atoms with van der Waals surface area (Å²) >= 11 is 3.34. The molecular formula is C11H13BBrN3O. The van der Waals surface area contributed by atoms with Crippen molar-refractivity contribution in [2.45, 2.75) is 6.61 Å². The molecule has 0 unspecified atom stereocenters. The number of hydroxylamine groups is 2. The Bertz CT molecular complexity index is 380. The summed E-state index contributed by atoms with van der Waals surface area (Å²) in [5.41, 5.74) is 1.10. The Balaban J connectivity index is 2.42. The van der Waals surface area contributed by atoms with Gasteiger partial charge in [-0.25, -0.2) is 0 Å². The van der Waals surface area contributed by atoms with Crippen molar-refractivity contribution in [1.82, 2.24) is 5.06 Å². The van der Waals surface area contributed by atoms with Crippen LogP contribution in [0.25, 0.3) is 0 Å². The van der Waals surface area contributed by atoms with Gasteiger partial charge in [0, 0.05) is 5.33 Å². The molecule has 0 amide bonds. The fraction of sp³-hybridized carbons (Fsp3) is 0.273. The number of nitrogens with one attached hydrogen (secondary N) is 1. The predicted octanol–water partition coefficient (Wildman–Crippen LogP) is 0.0243. The van der Waals surface area contributed by atoms with E-state index in [4.69, 9.17) is 10.1 Å². The second-order valence-electron chi connectivity index (χ2n) is 3.16. The van der Waals surface area contributed by atoms with E-state index in [0.29, 0.717) is 13.2 Å². The minimum Gasteiger partial charge on any atom is -0.514 e. The molecular weight excluding hydrogens is 281 g/mol. The number of hydrogen-bond donors (Lipinski definition) is 1. The Hall–Kier alpha value is -1.32. The molecule has 6 heteroatoms. The first-order valence-corrected chi connectivity index (χ1v) is 6.29. The summed E-state index contributed by atoms with van der Waals surface area (Å²) in [4.78, 5) is 8.30. The van der Waals surface area contributed by atoms with Crippen molar-refractivity contribution < 1.29 is 9.74 Å². The molecule has 1 N–H and O–H groups in total. The molecule has 0 aliphatic heterocycles. The van der Waals surface area contributed by atoms with Crippen molar-refractivity contribution in [2.24, 2.45) is 0 Å². The quantitative estimate of drug-likeness (QED) is 0.254. The maximum Gasteiger partial charge on any atom is 0.213 e. The van der Waals surface area contributed by atoms with Crippen LogP contribution in [0.1, 0.15) is 5.56 Å². The molecule has 0 aliphatic rings. The van der Waals surface area contributed by atoms with Gasteiger partial charge in [-0.2, -0.15) is 10.8 Å². The van der Waals surface area contributed by atoms with Gasteiger partial charge in [-0.3, -0.25) is 5.26 Å². The number of rotatable bonds is 7. The van der Waals surface area contributed by atoms with E-state index in [-0.39, 0.29) is 0 Å². The highest BCUT2D eigenvalue weighted by Crippen LogP contribution is 2.01. The van der Waals surface area contributed by atoms with Crippen LogP contribution in [0, 0.1) is 11.2 Å². The molecule has 0 atom stereocenters. The number of nitriles is 1. The minimum absolute atomic E-state index is 0.499. The molecule has 17 heavy (non-hydrogen) atoms. The summed E-state index contributed by atoms with van der Waals surface area (Å²) in [6, 6.07) is 9.91. The number of hydrogen-bond acceptors (Lipinski definition) is 2. The lowest BCUT2D eigenvalue weighted by atomic mass is 10.0. The molecule has 88 valence electrons. The molecule has 1 aromatic carbocycles. The van der Waals surface area contributed by atoms with Gasteiger partial charge in [0.15, 0.2) is 0 Å². The van der Waals surface area contributed by atoms with Gasteiger partial charge in [0.25, 0.3) is 0 Å². The molecule has 0 spiro atoms. The molecule has 0 heterocycles. The monoisotopic (exact) mass is 293 g/mol.